The quantitative estimate of drug-likeness (QED) is 0.807. The van der Waals surface area contributed by atoms with Crippen molar-refractivity contribution in [1.29, 1.82) is 0 Å². The van der Waals surface area contributed by atoms with Gasteiger partial charge in [0.15, 0.2) is 6.10 Å². The predicted octanol–water partition coefficient (Wildman–Crippen LogP) is 0.0766. The number of rotatable bonds is 3. The van der Waals surface area contributed by atoms with E-state index in [1.807, 2.05) is 6.07 Å². The Morgan fingerprint density at radius 1 is 1.58 bits per heavy atom. The molecule has 102 valence electrons. The van der Waals surface area contributed by atoms with Crippen molar-refractivity contribution in [1.82, 2.24) is 15.2 Å². The van der Waals surface area contributed by atoms with Crippen LogP contribution in [0, 0.1) is 0 Å². The highest BCUT2D eigenvalue weighted by molar-refractivity contribution is 5.77. The Kier molecular flexibility index (Phi) is 4.30. The molecule has 1 saturated heterocycles. The molecule has 2 amide bonds. The van der Waals surface area contributed by atoms with Crippen LogP contribution in [0.15, 0.2) is 24.5 Å². The number of carbonyl (C=O) groups excluding carboxylic acids is 1. The number of pyridine rings is 1. The second-order valence-electron chi connectivity index (χ2n) is 4.16. The van der Waals surface area contributed by atoms with Gasteiger partial charge in [-0.2, -0.15) is 0 Å². The molecule has 0 saturated carbocycles. The summed E-state index contributed by atoms with van der Waals surface area (Å²) in [4.78, 5) is 28.1. The lowest BCUT2D eigenvalue weighted by molar-refractivity contribution is -0.154. The van der Waals surface area contributed by atoms with Crippen LogP contribution in [-0.2, 0) is 16.1 Å². The lowest BCUT2D eigenvalue weighted by Crippen LogP contribution is -2.51. The van der Waals surface area contributed by atoms with Gasteiger partial charge in [-0.1, -0.05) is 6.07 Å². The maximum Gasteiger partial charge on any atom is 0.334 e. The van der Waals surface area contributed by atoms with Crippen LogP contribution in [0.4, 0.5) is 4.79 Å². The highest BCUT2D eigenvalue weighted by atomic mass is 16.5. The number of aromatic nitrogens is 1. The van der Waals surface area contributed by atoms with Crippen LogP contribution in [0.2, 0.25) is 0 Å². The molecule has 0 spiro atoms. The van der Waals surface area contributed by atoms with Crippen LogP contribution in [-0.4, -0.2) is 52.8 Å². The van der Waals surface area contributed by atoms with Gasteiger partial charge >= 0.3 is 12.0 Å². The van der Waals surface area contributed by atoms with Gasteiger partial charge in [0.05, 0.1) is 13.2 Å². The molecule has 0 aliphatic carbocycles. The van der Waals surface area contributed by atoms with Gasteiger partial charge < -0.3 is 20.1 Å². The molecule has 2 heterocycles. The van der Waals surface area contributed by atoms with Crippen molar-refractivity contribution in [2.45, 2.75) is 12.6 Å². The van der Waals surface area contributed by atoms with Crippen molar-refractivity contribution in [3.8, 4) is 0 Å². The third kappa shape index (κ3) is 3.65. The van der Waals surface area contributed by atoms with E-state index in [-0.39, 0.29) is 19.2 Å². The molecule has 7 heteroatoms. The lowest BCUT2D eigenvalue weighted by atomic mass is 10.2. The zero-order valence-corrected chi connectivity index (χ0v) is 10.3. The first kappa shape index (κ1) is 13.3. The van der Waals surface area contributed by atoms with Gasteiger partial charge in [0.25, 0.3) is 0 Å². The molecule has 1 fully saturated rings. The van der Waals surface area contributed by atoms with Crippen molar-refractivity contribution in [2.24, 2.45) is 0 Å². The Morgan fingerprint density at radius 2 is 2.42 bits per heavy atom. The monoisotopic (exact) mass is 265 g/mol. The van der Waals surface area contributed by atoms with Gasteiger partial charge in [0, 0.05) is 25.5 Å². The van der Waals surface area contributed by atoms with E-state index in [0.717, 1.165) is 5.56 Å². The minimum atomic E-state index is -1.05. The first-order chi connectivity index (χ1) is 9.16. The van der Waals surface area contributed by atoms with Crippen LogP contribution >= 0.6 is 0 Å². The molecule has 1 aromatic rings. The summed E-state index contributed by atoms with van der Waals surface area (Å²) in [6, 6.07) is 3.35. The number of morpholine rings is 1. The van der Waals surface area contributed by atoms with Crippen LogP contribution in [0.5, 0.6) is 0 Å². The Bertz CT molecular complexity index is 452. The lowest BCUT2D eigenvalue weighted by Gasteiger charge is -2.30. The largest absolute Gasteiger partial charge is 0.479 e. The number of carboxylic acid groups (broad SMARTS) is 1. The number of amides is 2. The van der Waals surface area contributed by atoms with Gasteiger partial charge in [-0.05, 0) is 11.6 Å². The molecule has 0 bridgehead atoms. The number of carboxylic acids is 1. The fourth-order valence-corrected chi connectivity index (χ4v) is 1.78. The highest BCUT2D eigenvalue weighted by Gasteiger charge is 2.28. The van der Waals surface area contributed by atoms with Crippen LogP contribution < -0.4 is 5.32 Å². The van der Waals surface area contributed by atoms with Gasteiger partial charge in [-0.3, -0.25) is 4.98 Å². The summed E-state index contributed by atoms with van der Waals surface area (Å²) in [5.41, 5.74) is 0.888. The third-order valence-corrected chi connectivity index (χ3v) is 2.80. The number of aliphatic carboxylic acids is 1. The van der Waals surface area contributed by atoms with E-state index in [1.165, 1.54) is 4.90 Å². The molecule has 19 heavy (non-hydrogen) atoms. The second-order valence-corrected chi connectivity index (χ2v) is 4.16. The van der Waals surface area contributed by atoms with Crippen molar-refractivity contribution >= 4 is 12.0 Å². The zero-order chi connectivity index (χ0) is 13.7. The van der Waals surface area contributed by atoms with Gasteiger partial charge in [0.2, 0.25) is 0 Å². The predicted molar refractivity (Wildman–Crippen MR) is 65.4 cm³/mol. The van der Waals surface area contributed by atoms with Crippen molar-refractivity contribution < 1.29 is 19.4 Å². The molecule has 1 aromatic heterocycles. The van der Waals surface area contributed by atoms with Crippen molar-refractivity contribution in [3.05, 3.63) is 30.1 Å². The summed E-state index contributed by atoms with van der Waals surface area (Å²) >= 11 is 0. The number of hydrogen-bond donors (Lipinski definition) is 2. The van der Waals surface area contributed by atoms with Crippen LogP contribution in [0.1, 0.15) is 5.56 Å². The molecule has 2 rings (SSSR count). The maximum atomic E-state index is 11.9. The minimum Gasteiger partial charge on any atom is -0.479 e. The standard InChI is InChI=1S/C12H15N3O4/c16-11(17)10-8-15(4-5-19-10)12(18)14-7-9-2-1-3-13-6-9/h1-3,6,10H,4-5,7-8H2,(H,14,18)(H,16,17). The number of ether oxygens (including phenoxy) is 1. The molecular weight excluding hydrogens is 250 g/mol. The van der Waals surface area contributed by atoms with E-state index in [4.69, 9.17) is 9.84 Å². The van der Waals surface area contributed by atoms with Crippen molar-refractivity contribution in [3.63, 3.8) is 0 Å². The molecule has 0 radical (unpaired) electrons. The fourth-order valence-electron chi connectivity index (χ4n) is 1.78. The van der Waals surface area contributed by atoms with Gasteiger partial charge in [-0.15, -0.1) is 0 Å². The Labute approximate surface area is 110 Å². The molecule has 1 aliphatic rings. The molecule has 2 N–H and O–H groups in total. The molecular formula is C12H15N3O4. The van der Waals surface area contributed by atoms with E-state index in [1.54, 1.807) is 18.5 Å². The Morgan fingerprint density at radius 3 is 3.11 bits per heavy atom. The SMILES string of the molecule is O=C(O)C1CN(C(=O)NCc2cccnc2)CCO1. The van der Waals surface area contributed by atoms with Gasteiger partial charge in [0.1, 0.15) is 0 Å². The van der Waals surface area contributed by atoms with Crippen LogP contribution in [0.25, 0.3) is 0 Å². The van der Waals surface area contributed by atoms with Gasteiger partial charge in [-0.25, -0.2) is 9.59 Å². The highest BCUT2D eigenvalue weighted by Crippen LogP contribution is 2.06. The summed E-state index contributed by atoms with van der Waals surface area (Å²) in [6.45, 7) is 1.05. The maximum absolute atomic E-state index is 11.9. The first-order valence-corrected chi connectivity index (χ1v) is 5.93. The van der Waals surface area contributed by atoms with E-state index in [0.29, 0.717) is 13.1 Å². The normalized spacial score (nSPS) is 18.9. The molecule has 0 aromatic carbocycles. The summed E-state index contributed by atoms with van der Waals surface area (Å²) in [7, 11) is 0. The molecule has 1 atom stereocenters. The number of urea groups is 1. The van der Waals surface area contributed by atoms with E-state index < -0.39 is 12.1 Å². The number of hydrogen-bond acceptors (Lipinski definition) is 4. The summed E-state index contributed by atoms with van der Waals surface area (Å²) in [5.74, 6) is -1.05. The summed E-state index contributed by atoms with van der Waals surface area (Å²) in [5, 5.41) is 11.6. The molecule has 7 nitrogen and oxygen atoms in total. The van der Waals surface area contributed by atoms with E-state index in [2.05, 4.69) is 10.3 Å². The number of nitrogens with one attached hydrogen (secondary N) is 1. The smallest absolute Gasteiger partial charge is 0.334 e. The van der Waals surface area contributed by atoms with Crippen LogP contribution in [0.3, 0.4) is 0 Å². The molecule has 1 aliphatic heterocycles. The minimum absolute atomic E-state index is 0.0637. The average molecular weight is 265 g/mol. The number of carbonyl (C=O) groups is 2. The number of nitrogens with zero attached hydrogens (tertiary/aromatic N) is 2. The van der Waals surface area contributed by atoms with Crippen molar-refractivity contribution in [2.75, 3.05) is 19.7 Å². The zero-order valence-electron chi connectivity index (χ0n) is 10.3. The summed E-state index contributed by atoms with van der Waals surface area (Å²) in [6.07, 6.45) is 2.38. The topological polar surface area (TPSA) is 91.8 Å². The first-order valence-electron chi connectivity index (χ1n) is 5.93. The second kappa shape index (κ2) is 6.14. The van der Waals surface area contributed by atoms with E-state index >= 15 is 0 Å². The average Bonchev–Trinajstić information content (AvgIpc) is 2.46. The Balaban J connectivity index is 1.84. The fraction of sp³-hybridized carbons (Fsp3) is 0.417. The van der Waals surface area contributed by atoms with E-state index in [9.17, 15) is 9.59 Å². The molecule has 1 unspecified atom stereocenters. The summed E-state index contributed by atoms with van der Waals surface area (Å²) < 4.78 is 5.05. The Hall–Kier alpha value is -2.15. The third-order valence-electron chi connectivity index (χ3n) is 2.80.